The van der Waals surface area contributed by atoms with Crippen molar-refractivity contribution in [3.8, 4) is 0 Å². The van der Waals surface area contributed by atoms with E-state index in [0.717, 1.165) is 0 Å². The number of ether oxygens (including phenoxy) is 4. The van der Waals surface area contributed by atoms with Crippen LogP contribution in [0.3, 0.4) is 0 Å². The van der Waals surface area contributed by atoms with Gasteiger partial charge in [0.2, 0.25) is 0 Å². The second-order valence-electron chi connectivity index (χ2n) is 9.53. The molecule has 0 radical (unpaired) electrons. The fourth-order valence-electron chi connectivity index (χ4n) is 4.80. The average molecular weight is 481 g/mol. The van der Waals surface area contributed by atoms with Crippen LogP contribution in [0.2, 0.25) is 0 Å². The quantitative estimate of drug-likeness (QED) is 0.174. The Kier molecular flexibility index (Phi) is 9.05. The molecule has 3 fully saturated rings. The zero-order valence-corrected chi connectivity index (χ0v) is 19.0. The smallest absolute Gasteiger partial charge is 0.186 e. The first-order valence-electron chi connectivity index (χ1n) is 11.4. The van der Waals surface area contributed by atoms with E-state index < -0.39 is 86.1 Å². The number of nitrogens with two attached hydrogens (primary N) is 4. The minimum absolute atomic E-state index is 0.100. The van der Waals surface area contributed by atoms with Crippen LogP contribution in [0.1, 0.15) is 20.3 Å². The Morgan fingerprint density at radius 2 is 1.30 bits per heavy atom. The van der Waals surface area contributed by atoms with Crippen LogP contribution in [0.25, 0.3) is 0 Å². The third kappa shape index (κ3) is 5.35. The largest absolute Gasteiger partial charge is 0.394 e. The topological polar surface area (TPSA) is 242 Å². The summed E-state index contributed by atoms with van der Waals surface area (Å²) in [4.78, 5) is 0. The SMILES string of the molecule is CC1[C@H](O[C@H]2C(N)C[C@@H](N)C(OC3OC(CO)[C@H](O)C(N)C3O)[C@H]2O)OC(CN)[C@H](O)[C@@H]1C. The molecule has 13 nitrogen and oxygen atoms in total. The van der Waals surface area contributed by atoms with Crippen LogP contribution in [-0.2, 0) is 18.9 Å². The zero-order chi connectivity index (χ0) is 24.6. The predicted molar refractivity (Wildman–Crippen MR) is 114 cm³/mol. The Bertz CT molecular complexity index is 582. The van der Waals surface area contributed by atoms with Gasteiger partial charge < -0.3 is 67.4 Å². The summed E-state index contributed by atoms with van der Waals surface area (Å²) in [7, 11) is 0. The van der Waals surface area contributed by atoms with Gasteiger partial charge in [0, 0.05) is 24.5 Å². The molecular weight excluding hydrogens is 440 g/mol. The van der Waals surface area contributed by atoms with Crippen LogP contribution >= 0.6 is 0 Å². The molecule has 0 spiro atoms. The maximum atomic E-state index is 11.1. The molecule has 2 aliphatic heterocycles. The first-order valence-corrected chi connectivity index (χ1v) is 11.4. The predicted octanol–water partition coefficient (Wildman–Crippen LogP) is -4.74. The molecule has 2 heterocycles. The highest BCUT2D eigenvalue weighted by molar-refractivity contribution is 5.01. The van der Waals surface area contributed by atoms with Gasteiger partial charge in [0.1, 0.15) is 36.6 Å². The molecule has 3 aliphatic rings. The van der Waals surface area contributed by atoms with Gasteiger partial charge in [0.25, 0.3) is 0 Å². The van der Waals surface area contributed by atoms with Gasteiger partial charge >= 0.3 is 0 Å². The zero-order valence-electron chi connectivity index (χ0n) is 19.0. The van der Waals surface area contributed by atoms with E-state index in [4.69, 9.17) is 41.9 Å². The number of hydrogen-bond acceptors (Lipinski definition) is 13. The van der Waals surface area contributed by atoms with Crippen molar-refractivity contribution in [1.82, 2.24) is 0 Å². The Morgan fingerprint density at radius 1 is 0.758 bits per heavy atom. The molecule has 0 aromatic carbocycles. The van der Waals surface area contributed by atoms with E-state index in [9.17, 15) is 25.5 Å². The Hall–Kier alpha value is -0.520. The fourth-order valence-corrected chi connectivity index (χ4v) is 4.80. The summed E-state index contributed by atoms with van der Waals surface area (Å²) >= 11 is 0. The lowest BCUT2D eigenvalue weighted by Crippen LogP contribution is -2.68. The van der Waals surface area contributed by atoms with E-state index in [1.807, 2.05) is 13.8 Å². The minimum atomic E-state index is -1.42. The van der Waals surface area contributed by atoms with Crippen LogP contribution in [0, 0.1) is 11.8 Å². The van der Waals surface area contributed by atoms with Crippen molar-refractivity contribution in [2.45, 2.75) is 99.8 Å². The van der Waals surface area contributed by atoms with Gasteiger partial charge in [-0.1, -0.05) is 13.8 Å². The van der Waals surface area contributed by atoms with E-state index in [0.29, 0.717) is 0 Å². The Balaban J connectivity index is 1.72. The summed E-state index contributed by atoms with van der Waals surface area (Å²) in [5.41, 5.74) is 24.0. The monoisotopic (exact) mass is 480 g/mol. The van der Waals surface area contributed by atoms with Crippen molar-refractivity contribution >= 4 is 0 Å². The highest BCUT2D eigenvalue weighted by atomic mass is 16.7. The summed E-state index contributed by atoms with van der Waals surface area (Å²) in [5.74, 6) is -0.386. The van der Waals surface area contributed by atoms with Gasteiger partial charge in [0.05, 0.1) is 24.9 Å². The highest BCUT2D eigenvalue weighted by Gasteiger charge is 2.50. The maximum Gasteiger partial charge on any atom is 0.186 e. The van der Waals surface area contributed by atoms with Gasteiger partial charge in [-0.3, -0.25) is 0 Å². The van der Waals surface area contributed by atoms with E-state index in [-0.39, 0.29) is 24.8 Å². The standard InChI is InChI=1S/C20H40N4O9/c1-6-7(2)19(30-10(4-21)13(6)26)32-17-8(22)3-9(23)18(16(17)29)33-20-15(28)12(24)14(27)11(5-25)31-20/h6-20,25-29H,3-5,21-24H2,1-2H3/t6-,7?,8?,9-,10?,11?,12?,13-,14+,15?,16+,17+,18?,19+,20?/m1/s1. The minimum Gasteiger partial charge on any atom is -0.394 e. The highest BCUT2D eigenvalue weighted by Crippen LogP contribution is 2.35. The van der Waals surface area contributed by atoms with E-state index in [1.165, 1.54) is 0 Å². The van der Waals surface area contributed by atoms with E-state index in [2.05, 4.69) is 0 Å². The van der Waals surface area contributed by atoms with E-state index in [1.54, 1.807) is 0 Å². The van der Waals surface area contributed by atoms with Gasteiger partial charge in [-0.05, 0) is 12.3 Å². The summed E-state index contributed by atoms with van der Waals surface area (Å²) in [6.45, 7) is 3.29. The fraction of sp³-hybridized carbons (Fsp3) is 1.00. The molecular formula is C20H40N4O9. The lowest BCUT2D eigenvalue weighted by molar-refractivity contribution is -0.320. The molecule has 1 saturated carbocycles. The van der Waals surface area contributed by atoms with Gasteiger partial charge in [0.15, 0.2) is 12.6 Å². The molecule has 0 amide bonds. The molecule has 0 aromatic heterocycles. The van der Waals surface area contributed by atoms with Crippen LogP contribution in [0.5, 0.6) is 0 Å². The average Bonchev–Trinajstić information content (AvgIpc) is 2.79. The molecule has 0 aromatic rings. The maximum absolute atomic E-state index is 11.1. The van der Waals surface area contributed by atoms with Crippen LogP contribution in [-0.4, -0.2) is 118 Å². The van der Waals surface area contributed by atoms with Crippen molar-refractivity contribution in [3.05, 3.63) is 0 Å². The van der Waals surface area contributed by atoms with Gasteiger partial charge in [-0.15, -0.1) is 0 Å². The van der Waals surface area contributed by atoms with Gasteiger partial charge in [-0.25, -0.2) is 0 Å². The summed E-state index contributed by atoms with van der Waals surface area (Å²) in [6.07, 6.45) is -10.4. The van der Waals surface area contributed by atoms with Crippen molar-refractivity contribution in [3.63, 3.8) is 0 Å². The second-order valence-corrected chi connectivity index (χ2v) is 9.53. The van der Waals surface area contributed by atoms with Gasteiger partial charge in [-0.2, -0.15) is 0 Å². The third-order valence-electron chi connectivity index (χ3n) is 7.30. The molecule has 194 valence electrons. The van der Waals surface area contributed by atoms with Crippen LogP contribution in [0.15, 0.2) is 0 Å². The normalized spacial score (nSPS) is 53.7. The molecule has 0 bridgehead atoms. The van der Waals surface area contributed by atoms with Crippen molar-refractivity contribution < 1.29 is 44.5 Å². The molecule has 1 aliphatic carbocycles. The lowest BCUT2D eigenvalue weighted by atomic mass is 9.82. The molecule has 13 N–H and O–H groups in total. The van der Waals surface area contributed by atoms with Crippen molar-refractivity contribution in [2.24, 2.45) is 34.8 Å². The lowest BCUT2D eigenvalue weighted by Gasteiger charge is -2.48. The molecule has 13 heteroatoms. The van der Waals surface area contributed by atoms with E-state index >= 15 is 0 Å². The molecule has 15 atom stereocenters. The Morgan fingerprint density at radius 3 is 1.85 bits per heavy atom. The molecule has 2 saturated heterocycles. The number of rotatable bonds is 6. The second kappa shape index (κ2) is 11.0. The van der Waals surface area contributed by atoms with Crippen LogP contribution in [0.4, 0.5) is 0 Å². The van der Waals surface area contributed by atoms with Crippen molar-refractivity contribution in [1.29, 1.82) is 0 Å². The van der Waals surface area contributed by atoms with Crippen molar-refractivity contribution in [2.75, 3.05) is 13.2 Å². The first kappa shape index (κ1) is 27.1. The molecule has 3 rings (SSSR count). The summed E-state index contributed by atoms with van der Waals surface area (Å²) < 4.78 is 23.2. The number of aliphatic hydroxyl groups excluding tert-OH is 5. The summed E-state index contributed by atoms with van der Waals surface area (Å²) in [5, 5.41) is 51.3. The molecule has 8 unspecified atom stereocenters. The summed E-state index contributed by atoms with van der Waals surface area (Å²) in [6, 6.07) is -2.50. The molecule has 33 heavy (non-hydrogen) atoms. The first-order chi connectivity index (χ1) is 15.5. The Labute approximate surface area is 192 Å². The number of hydrogen-bond donors (Lipinski definition) is 9. The third-order valence-corrected chi connectivity index (χ3v) is 7.30. The van der Waals surface area contributed by atoms with Crippen LogP contribution < -0.4 is 22.9 Å². The number of aliphatic hydroxyl groups is 5.